The zero-order chi connectivity index (χ0) is 19.3. The number of imidazole rings is 1. The van der Waals surface area contributed by atoms with E-state index >= 15 is 0 Å². The van der Waals surface area contributed by atoms with E-state index in [0.717, 1.165) is 29.9 Å². The number of fused-ring (bicyclic) bond motifs is 2. The Morgan fingerprint density at radius 3 is 2.96 bits per heavy atom. The van der Waals surface area contributed by atoms with Crippen molar-refractivity contribution < 1.29 is 4.79 Å². The maximum Gasteiger partial charge on any atom is 0.225 e. The highest BCUT2D eigenvalue weighted by Crippen LogP contribution is 2.27. The lowest BCUT2D eigenvalue weighted by atomic mass is 10.1. The van der Waals surface area contributed by atoms with E-state index in [1.54, 1.807) is 10.9 Å². The summed E-state index contributed by atoms with van der Waals surface area (Å²) in [7, 11) is 0. The van der Waals surface area contributed by atoms with Crippen LogP contribution in [0, 0.1) is 12.8 Å². The van der Waals surface area contributed by atoms with Crippen molar-refractivity contribution in [3.63, 3.8) is 0 Å². The Kier molecular flexibility index (Phi) is 3.71. The molecular formula is C18H19N9O. The second kappa shape index (κ2) is 6.25. The number of primary amides is 1. The standard InChI is InChI=1S/C18H19N9O/c1-10-8-26-9-13(4-5-15(26)21-10)27-17-14(24-25-27)7-20-18(23-17)22-12-3-2-11(6-12)16(19)28/h4-5,7-9,11-12H,2-3,6H2,1H3,(H2,19,28)(H,20,22,23)/t11-,12-/m1/s1. The molecule has 28 heavy (non-hydrogen) atoms. The van der Waals surface area contributed by atoms with Crippen LogP contribution >= 0.6 is 0 Å². The average Bonchev–Trinajstić information content (AvgIpc) is 3.38. The van der Waals surface area contributed by atoms with E-state index in [9.17, 15) is 4.79 Å². The van der Waals surface area contributed by atoms with Crippen molar-refractivity contribution in [3.05, 3.63) is 36.4 Å². The maximum absolute atomic E-state index is 11.4. The van der Waals surface area contributed by atoms with E-state index in [4.69, 9.17) is 5.73 Å². The van der Waals surface area contributed by atoms with Gasteiger partial charge >= 0.3 is 0 Å². The van der Waals surface area contributed by atoms with Crippen LogP contribution in [0.1, 0.15) is 25.0 Å². The SMILES string of the molecule is Cc1cn2cc(-n3nnc4cnc(N[C@@H]5CC[C@@H](C(N)=O)C5)nc43)ccc2n1. The van der Waals surface area contributed by atoms with E-state index in [1.165, 1.54) is 0 Å². The molecule has 1 aliphatic rings. The second-order valence-electron chi connectivity index (χ2n) is 7.19. The molecule has 4 heterocycles. The van der Waals surface area contributed by atoms with Gasteiger partial charge < -0.3 is 15.5 Å². The van der Waals surface area contributed by atoms with Crippen LogP contribution in [0.3, 0.4) is 0 Å². The Hall–Kier alpha value is -3.56. The second-order valence-corrected chi connectivity index (χ2v) is 7.19. The third-order valence-corrected chi connectivity index (χ3v) is 5.16. The molecule has 0 saturated heterocycles. The van der Waals surface area contributed by atoms with E-state index in [0.29, 0.717) is 23.5 Å². The molecule has 5 rings (SSSR count). The number of aromatic nitrogens is 7. The third-order valence-electron chi connectivity index (χ3n) is 5.16. The number of rotatable bonds is 4. The molecule has 10 nitrogen and oxygen atoms in total. The minimum Gasteiger partial charge on any atom is -0.369 e. The summed E-state index contributed by atoms with van der Waals surface area (Å²) in [6.45, 7) is 1.95. The first-order chi connectivity index (χ1) is 13.6. The van der Waals surface area contributed by atoms with Gasteiger partial charge in [0.1, 0.15) is 5.65 Å². The predicted octanol–water partition coefficient (Wildman–Crippen LogP) is 1.23. The summed E-state index contributed by atoms with van der Waals surface area (Å²) in [6, 6.07) is 3.99. The number of carbonyl (C=O) groups is 1. The minimum atomic E-state index is -0.243. The number of hydrogen-bond donors (Lipinski definition) is 2. The predicted molar refractivity (Wildman–Crippen MR) is 102 cm³/mol. The molecule has 4 aromatic heterocycles. The van der Waals surface area contributed by atoms with Crippen molar-refractivity contribution in [2.24, 2.45) is 11.7 Å². The molecule has 0 aliphatic heterocycles. The molecule has 0 spiro atoms. The lowest BCUT2D eigenvalue weighted by molar-refractivity contribution is -0.121. The first kappa shape index (κ1) is 16.6. The molecule has 1 saturated carbocycles. The number of carbonyl (C=O) groups excluding carboxylic acids is 1. The monoisotopic (exact) mass is 377 g/mol. The number of aryl methyl sites for hydroxylation is 1. The van der Waals surface area contributed by atoms with Crippen molar-refractivity contribution in [1.82, 2.24) is 34.3 Å². The van der Waals surface area contributed by atoms with Crippen LogP contribution in [-0.4, -0.2) is 46.3 Å². The van der Waals surface area contributed by atoms with Gasteiger partial charge in [-0.25, -0.2) is 9.97 Å². The zero-order valence-corrected chi connectivity index (χ0v) is 15.3. The van der Waals surface area contributed by atoms with Crippen molar-refractivity contribution in [3.8, 4) is 5.69 Å². The van der Waals surface area contributed by atoms with Crippen LogP contribution in [-0.2, 0) is 4.79 Å². The fraction of sp³-hybridized carbons (Fsp3) is 0.333. The lowest BCUT2D eigenvalue weighted by Gasteiger charge is -2.12. The smallest absolute Gasteiger partial charge is 0.225 e. The van der Waals surface area contributed by atoms with Crippen LogP contribution < -0.4 is 11.1 Å². The highest BCUT2D eigenvalue weighted by atomic mass is 16.1. The Morgan fingerprint density at radius 1 is 1.25 bits per heavy atom. The van der Waals surface area contributed by atoms with Crippen molar-refractivity contribution in [2.75, 3.05) is 5.32 Å². The molecule has 4 aromatic rings. The molecule has 0 bridgehead atoms. The largest absolute Gasteiger partial charge is 0.369 e. The highest BCUT2D eigenvalue weighted by Gasteiger charge is 2.28. The van der Waals surface area contributed by atoms with Crippen LogP contribution in [0.2, 0.25) is 0 Å². The Morgan fingerprint density at radius 2 is 2.14 bits per heavy atom. The van der Waals surface area contributed by atoms with Gasteiger partial charge in [-0.05, 0) is 38.3 Å². The molecule has 0 radical (unpaired) electrons. The van der Waals surface area contributed by atoms with Crippen LogP contribution in [0.4, 0.5) is 5.95 Å². The lowest BCUT2D eigenvalue weighted by Crippen LogP contribution is -2.23. The summed E-state index contributed by atoms with van der Waals surface area (Å²) >= 11 is 0. The molecule has 1 aliphatic carbocycles. The number of nitrogens with two attached hydrogens (primary N) is 1. The first-order valence-electron chi connectivity index (χ1n) is 9.17. The number of pyridine rings is 1. The van der Waals surface area contributed by atoms with E-state index < -0.39 is 0 Å². The van der Waals surface area contributed by atoms with Gasteiger partial charge in [0.25, 0.3) is 0 Å². The van der Waals surface area contributed by atoms with Crippen molar-refractivity contribution >= 4 is 28.7 Å². The topological polar surface area (TPSA) is 129 Å². The molecular weight excluding hydrogens is 358 g/mol. The summed E-state index contributed by atoms with van der Waals surface area (Å²) in [6.07, 6.45) is 7.89. The molecule has 3 N–H and O–H groups in total. The normalized spacial score (nSPS) is 19.5. The quantitative estimate of drug-likeness (QED) is 0.547. The fourth-order valence-electron chi connectivity index (χ4n) is 3.76. The van der Waals surface area contributed by atoms with Crippen LogP contribution in [0.15, 0.2) is 30.7 Å². The summed E-state index contributed by atoms with van der Waals surface area (Å²) < 4.78 is 3.62. The first-order valence-corrected chi connectivity index (χ1v) is 9.17. The van der Waals surface area contributed by atoms with Gasteiger partial charge in [0, 0.05) is 24.4 Å². The summed E-state index contributed by atoms with van der Waals surface area (Å²) in [5.41, 5.74) is 9.27. The Labute approximate surface area is 159 Å². The third kappa shape index (κ3) is 2.82. The van der Waals surface area contributed by atoms with E-state index in [-0.39, 0.29) is 17.9 Å². The number of nitrogens with zero attached hydrogens (tertiary/aromatic N) is 7. The molecule has 1 fully saturated rings. The van der Waals surface area contributed by atoms with E-state index in [2.05, 4.69) is 30.6 Å². The maximum atomic E-state index is 11.4. The molecule has 2 atom stereocenters. The summed E-state index contributed by atoms with van der Waals surface area (Å²) in [4.78, 5) is 24.7. The molecule has 0 unspecified atom stereocenters. The van der Waals surface area contributed by atoms with Gasteiger partial charge in [0.2, 0.25) is 11.9 Å². The van der Waals surface area contributed by atoms with Gasteiger partial charge in [-0.3, -0.25) is 4.79 Å². The number of anilines is 1. The number of hydrogen-bond acceptors (Lipinski definition) is 7. The fourth-order valence-corrected chi connectivity index (χ4v) is 3.76. The summed E-state index contributed by atoms with van der Waals surface area (Å²) in [5.74, 6) is 0.164. The van der Waals surface area contributed by atoms with Crippen molar-refractivity contribution in [1.29, 1.82) is 0 Å². The Bertz CT molecular complexity index is 1190. The summed E-state index contributed by atoms with van der Waals surface area (Å²) in [5, 5.41) is 11.7. The van der Waals surface area contributed by atoms with Gasteiger partial charge in [0.05, 0.1) is 17.6 Å². The van der Waals surface area contributed by atoms with Crippen molar-refractivity contribution in [2.45, 2.75) is 32.2 Å². The molecule has 10 heteroatoms. The van der Waals surface area contributed by atoms with E-state index in [1.807, 2.05) is 35.9 Å². The average molecular weight is 377 g/mol. The molecule has 142 valence electrons. The number of amides is 1. The van der Waals surface area contributed by atoms with Crippen LogP contribution in [0.25, 0.3) is 22.5 Å². The van der Waals surface area contributed by atoms with Gasteiger partial charge in [0.15, 0.2) is 11.2 Å². The Balaban J connectivity index is 1.47. The molecule has 0 aromatic carbocycles. The highest BCUT2D eigenvalue weighted by molar-refractivity contribution is 5.77. The molecule has 1 amide bonds. The van der Waals surface area contributed by atoms with Crippen LogP contribution in [0.5, 0.6) is 0 Å². The van der Waals surface area contributed by atoms with Gasteiger partial charge in [-0.2, -0.15) is 9.67 Å². The zero-order valence-electron chi connectivity index (χ0n) is 15.3. The minimum absolute atomic E-state index is 0.0845. The number of nitrogens with one attached hydrogen (secondary N) is 1. The van der Waals surface area contributed by atoms with Gasteiger partial charge in [-0.1, -0.05) is 5.21 Å². The van der Waals surface area contributed by atoms with Gasteiger partial charge in [-0.15, -0.1) is 5.10 Å².